The highest BCUT2D eigenvalue weighted by Gasteiger charge is 2.36. The molecular formula is C15H20Cl2N4O3S. The fraction of sp³-hybridized carbons (Fsp3) is 0.467. The van der Waals surface area contributed by atoms with Gasteiger partial charge in [0.05, 0.1) is 16.5 Å². The van der Waals surface area contributed by atoms with Crippen LogP contribution in [0.15, 0.2) is 33.7 Å². The molecule has 1 saturated carbocycles. The minimum absolute atomic E-state index is 0. The summed E-state index contributed by atoms with van der Waals surface area (Å²) in [5.74, 6) is 0.631. The molecule has 1 aliphatic rings. The van der Waals surface area contributed by atoms with Crippen LogP contribution in [-0.2, 0) is 15.6 Å². The lowest BCUT2D eigenvalue weighted by Crippen LogP contribution is -2.34. The maximum Gasteiger partial charge on any atom is 0.244 e. The molecule has 1 atom stereocenters. The number of nitrogens with two attached hydrogens (primary N) is 1. The molecule has 0 amide bonds. The molecule has 0 saturated heterocycles. The van der Waals surface area contributed by atoms with Crippen molar-refractivity contribution in [2.45, 2.75) is 49.1 Å². The molecule has 0 spiro atoms. The number of hydrogen-bond donors (Lipinski definition) is 2. The summed E-state index contributed by atoms with van der Waals surface area (Å²) in [7, 11) is -3.72. The Morgan fingerprint density at radius 2 is 1.88 bits per heavy atom. The van der Waals surface area contributed by atoms with Crippen molar-refractivity contribution < 1.29 is 12.9 Å². The summed E-state index contributed by atoms with van der Waals surface area (Å²) in [6.45, 7) is 1.64. The van der Waals surface area contributed by atoms with Gasteiger partial charge in [0.15, 0.2) is 5.82 Å². The number of nitrogens with zero attached hydrogens (tertiary/aromatic N) is 2. The van der Waals surface area contributed by atoms with Crippen LogP contribution >= 0.6 is 24.0 Å². The normalized spacial score (nSPS) is 17.9. The van der Waals surface area contributed by atoms with Crippen molar-refractivity contribution in [1.29, 1.82) is 0 Å². The molecule has 138 valence electrons. The molecular weight excluding hydrogens is 387 g/mol. The minimum atomic E-state index is -3.72. The van der Waals surface area contributed by atoms with Gasteiger partial charge in [-0.2, -0.15) is 9.71 Å². The molecule has 0 aliphatic heterocycles. The number of hydrogen-bond acceptors (Lipinski definition) is 6. The Labute approximate surface area is 157 Å². The molecule has 1 aromatic carbocycles. The maximum absolute atomic E-state index is 12.4. The summed E-state index contributed by atoms with van der Waals surface area (Å²) in [4.78, 5) is 4.42. The van der Waals surface area contributed by atoms with Crippen LogP contribution in [0.1, 0.15) is 50.4 Å². The van der Waals surface area contributed by atoms with E-state index in [9.17, 15) is 8.42 Å². The zero-order valence-corrected chi connectivity index (χ0v) is 16.0. The van der Waals surface area contributed by atoms with Crippen LogP contribution < -0.4 is 10.5 Å². The number of rotatable bonds is 5. The first-order valence-corrected chi connectivity index (χ1v) is 9.57. The van der Waals surface area contributed by atoms with Crippen molar-refractivity contribution in [2.75, 3.05) is 0 Å². The highest BCUT2D eigenvalue weighted by atomic mass is 35.5. The summed E-state index contributed by atoms with van der Waals surface area (Å²) in [5, 5.41) is 4.41. The molecule has 1 unspecified atom stereocenters. The van der Waals surface area contributed by atoms with E-state index in [-0.39, 0.29) is 23.2 Å². The van der Waals surface area contributed by atoms with Crippen LogP contribution in [0.5, 0.6) is 0 Å². The van der Waals surface area contributed by atoms with Crippen molar-refractivity contribution in [3.63, 3.8) is 0 Å². The molecule has 0 radical (unpaired) electrons. The van der Waals surface area contributed by atoms with Gasteiger partial charge in [-0.05, 0) is 44.0 Å². The van der Waals surface area contributed by atoms with E-state index in [4.69, 9.17) is 21.9 Å². The average Bonchev–Trinajstić information content (AvgIpc) is 3.17. The van der Waals surface area contributed by atoms with E-state index >= 15 is 0 Å². The lowest BCUT2D eigenvalue weighted by molar-refractivity contribution is 0.333. The van der Waals surface area contributed by atoms with Gasteiger partial charge >= 0.3 is 0 Å². The summed E-state index contributed by atoms with van der Waals surface area (Å²) >= 11 is 5.78. The van der Waals surface area contributed by atoms with Crippen LogP contribution in [0, 0.1) is 0 Å². The van der Waals surface area contributed by atoms with E-state index < -0.39 is 21.6 Å². The van der Waals surface area contributed by atoms with E-state index in [2.05, 4.69) is 14.9 Å². The number of aromatic nitrogens is 2. The predicted molar refractivity (Wildman–Crippen MR) is 96.1 cm³/mol. The zero-order valence-electron chi connectivity index (χ0n) is 13.6. The Kier molecular flexibility index (Phi) is 6.11. The van der Waals surface area contributed by atoms with Gasteiger partial charge in [-0.3, -0.25) is 0 Å². The molecule has 1 aliphatic carbocycles. The van der Waals surface area contributed by atoms with Gasteiger partial charge in [-0.25, -0.2) is 8.42 Å². The third kappa shape index (κ3) is 4.32. The van der Waals surface area contributed by atoms with E-state index in [0.29, 0.717) is 10.8 Å². The van der Waals surface area contributed by atoms with E-state index in [1.54, 1.807) is 6.92 Å². The number of sulfonamides is 1. The van der Waals surface area contributed by atoms with Gasteiger partial charge in [-0.15, -0.1) is 12.4 Å². The molecule has 3 N–H and O–H groups in total. The standard InChI is InChI=1S/C15H19ClN4O3S.ClH/c1-10(20-24(21,22)12-6-4-11(16)5-7-12)13-18-14(19-23-13)15(17)8-2-3-9-15;/h4-7,10,20H,2-3,8-9,17H2,1H3;1H. The first kappa shape index (κ1) is 20.1. The molecule has 1 fully saturated rings. The van der Waals surface area contributed by atoms with Gasteiger partial charge in [0.25, 0.3) is 0 Å². The van der Waals surface area contributed by atoms with Crippen LogP contribution in [0.2, 0.25) is 5.02 Å². The molecule has 2 aromatic rings. The van der Waals surface area contributed by atoms with Gasteiger partial charge in [0.2, 0.25) is 15.9 Å². The predicted octanol–water partition coefficient (Wildman–Crippen LogP) is 2.91. The van der Waals surface area contributed by atoms with Crippen molar-refractivity contribution in [3.8, 4) is 0 Å². The maximum atomic E-state index is 12.4. The first-order chi connectivity index (χ1) is 11.3. The van der Waals surface area contributed by atoms with Crippen LogP contribution in [0.4, 0.5) is 0 Å². The van der Waals surface area contributed by atoms with E-state index in [1.165, 1.54) is 24.3 Å². The summed E-state index contributed by atoms with van der Waals surface area (Å²) in [6.07, 6.45) is 3.66. The number of halogens is 2. The van der Waals surface area contributed by atoms with Gasteiger partial charge < -0.3 is 10.3 Å². The quantitative estimate of drug-likeness (QED) is 0.789. The van der Waals surface area contributed by atoms with Crippen LogP contribution in [0.3, 0.4) is 0 Å². The zero-order chi connectivity index (χ0) is 17.4. The molecule has 25 heavy (non-hydrogen) atoms. The fourth-order valence-electron chi connectivity index (χ4n) is 2.81. The minimum Gasteiger partial charge on any atom is -0.338 e. The molecule has 3 rings (SSSR count). The van der Waals surface area contributed by atoms with E-state index in [1.807, 2.05) is 0 Å². The number of nitrogens with one attached hydrogen (secondary N) is 1. The molecule has 10 heteroatoms. The van der Waals surface area contributed by atoms with Crippen molar-refractivity contribution in [3.05, 3.63) is 41.0 Å². The molecule has 1 aromatic heterocycles. The highest BCUT2D eigenvalue weighted by Crippen LogP contribution is 2.35. The van der Waals surface area contributed by atoms with Crippen molar-refractivity contribution in [2.24, 2.45) is 5.73 Å². The van der Waals surface area contributed by atoms with Crippen molar-refractivity contribution in [1.82, 2.24) is 14.9 Å². The Morgan fingerprint density at radius 3 is 2.48 bits per heavy atom. The molecule has 7 nitrogen and oxygen atoms in total. The smallest absolute Gasteiger partial charge is 0.244 e. The summed E-state index contributed by atoms with van der Waals surface area (Å²) < 4.78 is 32.5. The lowest BCUT2D eigenvalue weighted by atomic mass is 9.99. The van der Waals surface area contributed by atoms with Crippen molar-refractivity contribution >= 4 is 34.0 Å². The SMILES string of the molecule is CC(NS(=O)(=O)c1ccc(Cl)cc1)c1nc(C2(N)CCCC2)no1.Cl. The van der Waals surface area contributed by atoms with Crippen LogP contribution in [-0.4, -0.2) is 18.6 Å². The largest absolute Gasteiger partial charge is 0.338 e. The third-order valence-electron chi connectivity index (χ3n) is 4.21. The first-order valence-electron chi connectivity index (χ1n) is 7.71. The fourth-order valence-corrected chi connectivity index (χ4v) is 4.13. The average molecular weight is 407 g/mol. The Morgan fingerprint density at radius 1 is 1.28 bits per heavy atom. The second-order valence-corrected chi connectivity index (χ2v) is 8.27. The lowest BCUT2D eigenvalue weighted by Gasteiger charge is -2.17. The van der Waals surface area contributed by atoms with Gasteiger partial charge in [0.1, 0.15) is 0 Å². The summed E-state index contributed by atoms with van der Waals surface area (Å²) in [5.41, 5.74) is 5.72. The molecule has 0 bridgehead atoms. The number of benzene rings is 1. The Hall–Kier alpha value is -1.19. The van der Waals surface area contributed by atoms with Gasteiger partial charge in [0, 0.05) is 5.02 Å². The Balaban J connectivity index is 0.00000225. The topological polar surface area (TPSA) is 111 Å². The van der Waals surface area contributed by atoms with E-state index in [0.717, 1.165) is 25.7 Å². The highest BCUT2D eigenvalue weighted by molar-refractivity contribution is 7.89. The van der Waals surface area contributed by atoms with Gasteiger partial charge in [-0.1, -0.05) is 29.6 Å². The Bertz CT molecular complexity index is 818. The monoisotopic (exact) mass is 406 g/mol. The second-order valence-electron chi connectivity index (χ2n) is 6.12. The molecule has 1 heterocycles. The third-order valence-corrected chi connectivity index (χ3v) is 6.02. The van der Waals surface area contributed by atoms with Crippen LogP contribution in [0.25, 0.3) is 0 Å². The summed E-state index contributed by atoms with van der Waals surface area (Å²) in [6, 6.07) is 5.24. The second kappa shape index (κ2) is 7.59.